The van der Waals surface area contributed by atoms with Crippen molar-refractivity contribution in [2.24, 2.45) is 5.73 Å². The van der Waals surface area contributed by atoms with Crippen LogP contribution in [0.3, 0.4) is 0 Å². The van der Waals surface area contributed by atoms with Gasteiger partial charge in [0.2, 0.25) is 5.91 Å². The summed E-state index contributed by atoms with van der Waals surface area (Å²) in [6.45, 7) is 6.27. The molecule has 1 atom stereocenters. The third kappa shape index (κ3) is 5.36. The molecule has 1 aliphatic rings. The minimum Gasteiger partial charge on any atom is -0.408 e. The minimum absolute atomic E-state index is 0.0283. The van der Waals surface area contributed by atoms with E-state index < -0.39 is 18.0 Å². The van der Waals surface area contributed by atoms with E-state index in [-0.39, 0.29) is 28.0 Å². The van der Waals surface area contributed by atoms with Gasteiger partial charge in [-0.25, -0.2) is 9.78 Å². The van der Waals surface area contributed by atoms with Gasteiger partial charge in [-0.1, -0.05) is 11.6 Å². The molecule has 1 fully saturated rings. The number of aromatic nitrogens is 4. The van der Waals surface area contributed by atoms with E-state index in [1.807, 2.05) is 28.9 Å². The third-order valence-corrected chi connectivity index (χ3v) is 6.38. The number of halogens is 1. The van der Waals surface area contributed by atoms with Crippen LogP contribution in [0.1, 0.15) is 25.1 Å². The molecule has 4 N–H and O–H groups in total. The summed E-state index contributed by atoms with van der Waals surface area (Å²) in [6.07, 6.45) is 0.393. The molecule has 2 amide bonds. The summed E-state index contributed by atoms with van der Waals surface area (Å²) in [5, 5.41) is 28.6. The minimum atomic E-state index is -0.950. The van der Waals surface area contributed by atoms with Gasteiger partial charge in [-0.2, -0.15) is 20.0 Å². The van der Waals surface area contributed by atoms with Crippen LogP contribution in [0, 0.1) is 22.7 Å². The van der Waals surface area contributed by atoms with E-state index in [0.29, 0.717) is 49.9 Å². The molecular formula is C23H24ClN11O3. The van der Waals surface area contributed by atoms with Crippen molar-refractivity contribution in [1.29, 1.82) is 10.5 Å². The quantitative estimate of drug-likeness (QED) is 0.396. The first-order valence-electron chi connectivity index (χ1n) is 11.7. The third-order valence-electron chi connectivity index (χ3n) is 6.00. The number of benzene rings is 1. The summed E-state index contributed by atoms with van der Waals surface area (Å²) in [7, 11) is 0. The smallest absolute Gasteiger partial charge is 0.408 e. The van der Waals surface area contributed by atoms with Gasteiger partial charge in [0.05, 0.1) is 29.6 Å². The summed E-state index contributed by atoms with van der Waals surface area (Å²) >= 11 is 6.60. The molecule has 1 aliphatic heterocycles. The summed E-state index contributed by atoms with van der Waals surface area (Å²) < 4.78 is 6.69. The number of piperazine rings is 1. The van der Waals surface area contributed by atoms with Crippen molar-refractivity contribution >= 4 is 46.7 Å². The van der Waals surface area contributed by atoms with E-state index in [0.717, 1.165) is 0 Å². The Kier molecular flexibility index (Phi) is 7.76. The lowest BCUT2D eigenvalue weighted by Crippen LogP contribution is -2.53. The zero-order valence-electron chi connectivity index (χ0n) is 20.6. The Morgan fingerprint density at radius 1 is 1.24 bits per heavy atom. The molecule has 0 saturated carbocycles. The number of nitriles is 2. The number of imidazole rings is 1. The zero-order valence-corrected chi connectivity index (χ0v) is 21.4. The SMILES string of the molecule is CCNc1nc(NC(=O)Oc2cc(C#N)cc(N3CCN(C(C)C(N)=O)CC3)c2Cl)nn2c(C#N)cnc12. The molecule has 0 radical (unpaired) electrons. The molecule has 196 valence electrons. The summed E-state index contributed by atoms with van der Waals surface area (Å²) in [6, 6.07) is 6.59. The van der Waals surface area contributed by atoms with Gasteiger partial charge in [-0.15, -0.1) is 5.10 Å². The first kappa shape index (κ1) is 26.4. The van der Waals surface area contributed by atoms with Crippen LogP contribution >= 0.6 is 11.6 Å². The molecule has 0 spiro atoms. The maximum absolute atomic E-state index is 12.8. The van der Waals surface area contributed by atoms with Gasteiger partial charge >= 0.3 is 6.09 Å². The summed E-state index contributed by atoms with van der Waals surface area (Å²) in [5.41, 5.74) is 6.65. The van der Waals surface area contributed by atoms with E-state index in [9.17, 15) is 20.1 Å². The highest BCUT2D eigenvalue weighted by Crippen LogP contribution is 2.37. The summed E-state index contributed by atoms with van der Waals surface area (Å²) in [5.74, 6) is -0.252. The number of fused-ring (bicyclic) bond motifs is 1. The standard InChI is InChI=1S/C23H24ClN11O3/c1-3-28-20-21-29-12-15(11-26)35(21)32-22(30-20)31-23(37)38-17-9-14(10-25)8-16(18(17)24)34-6-4-33(5-7-34)13(2)19(27)36/h8-9,12-13H,3-7H2,1-2H3,(H2,27,36)(H2,28,30,31,32,37). The zero-order chi connectivity index (χ0) is 27.4. The van der Waals surface area contributed by atoms with Crippen LogP contribution in [0.15, 0.2) is 18.3 Å². The second kappa shape index (κ2) is 11.2. The van der Waals surface area contributed by atoms with Gasteiger partial charge in [0.1, 0.15) is 11.1 Å². The maximum atomic E-state index is 12.8. The second-order valence-electron chi connectivity index (χ2n) is 8.34. The van der Waals surface area contributed by atoms with E-state index in [2.05, 4.69) is 25.7 Å². The van der Waals surface area contributed by atoms with Crippen molar-refractivity contribution in [3.05, 3.63) is 34.6 Å². The van der Waals surface area contributed by atoms with Crippen molar-refractivity contribution in [3.8, 4) is 17.9 Å². The number of rotatable bonds is 7. The average molecular weight is 538 g/mol. The van der Waals surface area contributed by atoms with Crippen LogP contribution in [0.5, 0.6) is 5.75 Å². The normalized spacial score (nSPS) is 14.4. The van der Waals surface area contributed by atoms with Crippen molar-refractivity contribution in [3.63, 3.8) is 0 Å². The molecule has 3 aromatic rings. The number of ether oxygens (including phenoxy) is 1. The van der Waals surface area contributed by atoms with Crippen LogP contribution in [0.25, 0.3) is 5.65 Å². The molecule has 1 saturated heterocycles. The van der Waals surface area contributed by atoms with Crippen LogP contribution in [0.4, 0.5) is 22.2 Å². The Morgan fingerprint density at radius 3 is 2.61 bits per heavy atom. The molecule has 0 bridgehead atoms. The fourth-order valence-electron chi connectivity index (χ4n) is 4.00. The van der Waals surface area contributed by atoms with E-state index in [4.69, 9.17) is 22.1 Å². The number of amides is 2. The molecule has 0 aliphatic carbocycles. The van der Waals surface area contributed by atoms with Crippen molar-refractivity contribution in [2.75, 3.05) is 48.3 Å². The molecule has 1 unspecified atom stereocenters. The van der Waals surface area contributed by atoms with Crippen LogP contribution < -0.4 is 26.0 Å². The van der Waals surface area contributed by atoms with Gasteiger partial charge in [0.15, 0.2) is 22.9 Å². The Hall–Kier alpha value is -4.66. The fourth-order valence-corrected chi connectivity index (χ4v) is 4.26. The number of carbonyl (C=O) groups is 2. The van der Waals surface area contributed by atoms with Crippen molar-refractivity contribution in [1.82, 2.24) is 24.5 Å². The summed E-state index contributed by atoms with van der Waals surface area (Å²) in [4.78, 5) is 36.6. The van der Waals surface area contributed by atoms with Gasteiger partial charge in [-0.05, 0) is 19.9 Å². The van der Waals surface area contributed by atoms with Crippen LogP contribution in [-0.2, 0) is 4.79 Å². The van der Waals surface area contributed by atoms with Gasteiger partial charge in [-0.3, -0.25) is 15.0 Å². The first-order chi connectivity index (χ1) is 18.2. The molecule has 2 aromatic heterocycles. The Bertz CT molecular complexity index is 1470. The number of carbonyl (C=O) groups excluding carboxylic acids is 2. The van der Waals surface area contributed by atoms with E-state index in [1.54, 1.807) is 13.0 Å². The average Bonchev–Trinajstić information content (AvgIpc) is 3.33. The highest BCUT2D eigenvalue weighted by atomic mass is 35.5. The number of hydrogen-bond acceptors (Lipinski definition) is 11. The molecule has 14 nitrogen and oxygen atoms in total. The molecule has 15 heteroatoms. The second-order valence-corrected chi connectivity index (χ2v) is 8.72. The van der Waals surface area contributed by atoms with Gasteiger partial charge in [0, 0.05) is 38.8 Å². The molecule has 3 heterocycles. The maximum Gasteiger partial charge on any atom is 0.419 e. The van der Waals surface area contributed by atoms with Crippen LogP contribution in [0.2, 0.25) is 5.02 Å². The highest BCUT2D eigenvalue weighted by Gasteiger charge is 2.27. The van der Waals surface area contributed by atoms with Crippen molar-refractivity contribution in [2.45, 2.75) is 19.9 Å². The number of nitrogens with two attached hydrogens (primary N) is 1. The molecular weight excluding hydrogens is 514 g/mol. The largest absolute Gasteiger partial charge is 0.419 e. The van der Waals surface area contributed by atoms with Gasteiger partial charge < -0.3 is 20.7 Å². The number of primary amides is 1. The van der Waals surface area contributed by atoms with Crippen molar-refractivity contribution < 1.29 is 14.3 Å². The molecule has 4 rings (SSSR count). The molecule has 1 aromatic carbocycles. The monoisotopic (exact) mass is 537 g/mol. The Labute approximate surface area is 222 Å². The lowest BCUT2D eigenvalue weighted by molar-refractivity contribution is -0.122. The number of nitrogens with zero attached hydrogens (tertiary/aromatic N) is 8. The fraction of sp³-hybridized carbons (Fsp3) is 0.348. The van der Waals surface area contributed by atoms with Crippen LogP contribution in [-0.4, -0.2) is 75.2 Å². The number of nitrogens with one attached hydrogen (secondary N) is 2. The Morgan fingerprint density at radius 2 is 1.97 bits per heavy atom. The predicted octanol–water partition coefficient (Wildman–Crippen LogP) is 1.56. The highest BCUT2D eigenvalue weighted by molar-refractivity contribution is 6.35. The topological polar surface area (TPSA) is 191 Å². The Balaban J connectivity index is 1.55. The lowest BCUT2D eigenvalue weighted by Gasteiger charge is -2.38. The van der Waals surface area contributed by atoms with E-state index in [1.165, 1.54) is 16.8 Å². The lowest BCUT2D eigenvalue weighted by atomic mass is 10.1. The van der Waals surface area contributed by atoms with E-state index >= 15 is 0 Å². The van der Waals surface area contributed by atoms with Gasteiger partial charge in [0.25, 0.3) is 5.95 Å². The molecule has 38 heavy (non-hydrogen) atoms. The predicted molar refractivity (Wildman–Crippen MR) is 138 cm³/mol. The number of anilines is 3. The first-order valence-corrected chi connectivity index (χ1v) is 12.0. The number of hydrogen-bond donors (Lipinski definition) is 3.